The zero-order valence-corrected chi connectivity index (χ0v) is 8.69. The van der Waals surface area contributed by atoms with Crippen molar-refractivity contribution < 1.29 is 0 Å². The molecule has 6 heteroatoms. The molecule has 6 nitrogen and oxygen atoms in total. The molecular formula is C10H12N4O2. The highest BCUT2D eigenvalue weighted by molar-refractivity contribution is 5.21. The highest BCUT2D eigenvalue weighted by Crippen LogP contribution is 2.08. The molecule has 0 bridgehead atoms. The van der Waals surface area contributed by atoms with E-state index in [0.29, 0.717) is 12.5 Å². The van der Waals surface area contributed by atoms with Crippen LogP contribution in [-0.4, -0.2) is 22.6 Å². The van der Waals surface area contributed by atoms with Crippen molar-refractivity contribution in [2.45, 2.75) is 13.0 Å². The van der Waals surface area contributed by atoms with Gasteiger partial charge in [-0.1, -0.05) is 0 Å². The maximum atomic E-state index is 11.5. The molecule has 0 spiro atoms. The molecule has 1 fully saturated rings. The van der Waals surface area contributed by atoms with Crippen molar-refractivity contribution in [1.82, 2.24) is 14.9 Å². The number of nitrogens with one attached hydrogen (secondary N) is 2. The molecular weight excluding hydrogens is 208 g/mol. The Hall–Kier alpha value is -1.87. The summed E-state index contributed by atoms with van der Waals surface area (Å²) >= 11 is 0. The van der Waals surface area contributed by atoms with Crippen molar-refractivity contribution in [3.05, 3.63) is 32.6 Å². The zero-order valence-electron chi connectivity index (χ0n) is 8.69. The lowest BCUT2D eigenvalue weighted by molar-refractivity contribution is 0.464. The summed E-state index contributed by atoms with van der Waals surface area (Å²) in [6.07, 6.45) is 2.34. The Kier molecular flexibility index (Phi) is 2.88. The van der Waals surface area contributed by atoms with Gasteiger partial charge in [-0.2, -0.15) is 5.26 Å². The van der Waals surface area contributed by atoms with Gasteiger partial charge < -0.3 is 5.32 Å². The largest absolute Gasteiger partial charge is 0.328 e. The van der Waals surface area contributed by atoms with E-state index in [0.717, 1.165) is 19.5 Å². The average molecular weight is 220 g/mol. The molecule has 0 radical (unpaired) electrons. The second-order valence-electron chi connectivity index (χ2n) is 3.93. The minimum absolute atomic E-state index is 0.0226. The van der Waals surface area contributed by atoms with Gasteiger partial charge in [0, 0.05) is 12.7 Å². The zero-order chi connectivity index (χ0) is 11.5. The Bertz CT molecular complexity index is 531. The van der Waals surface area contributed by atoms with Gasteiger partial charge in [0.05, 0.1) is 0 Å². The van der Waals surface area contributed by atoms with E-state index >= 15 is 0 Å². The molecule has 84 valence electrons. The predicted octanol–water partition coefficient (Wildman–Crippen LogP) is -0.982. The van der Waals surface area contributed by atoms with E-state index in [2.05, 4.69) is 10.3 Å². The molecule has 1 aromatic rings. The lowest BCUT2D eigenvalue weighted by Crippen LogP contribution is -2.33. The summed E-state index contributed by atoms with van der Waals surface area (Å²) in [5.74, 6) is 0.384. The lowest BCUT2D eigenvalue weighted by Gasteiger charge is -2.10. The van der Waals surface area contributed by atoms with E-state index in [1.54, 1.807) is 6.07 Å². The summed E-state index contributed by atoms with van der Waals surface area (Å²) in [5.41, 5.74) is -1.09. The Morgan fingerprint density at radius 1 is 1.56 bits per heavy atom. The molecule has 0 saturated carbocycles. The number of rotatable bonds is 2. The maximum absolute atomic E-state index is 11.5. The molecule has 16 heavy (non-hydrogen) atoms. The quantitative estimate of drug-likeness (QED) is 0.670. The first-order valence-corrected chi connectivity index (χ1v) is 5.15. The molecule has 2 heterocycles. The van der Waals surface area contributed by atoms with Crippen LogP contribution < -0.4 is 16.6 Å². The van der Waals surface area contributed by atoms with Crippen LogP contribution in [0.15, 0.2) is 15.8 Å². The molecule has 0 amide bonds. The lowest BCUT2D eigenvalue weighted by atomic mass is 10.1. The van der Waals surface area contributed by atoms with Gasteiger partial charge in [-0.3, -0.25) is 14.3 Å². The molecule has 0 aromatic carbocycles. The van der Waals surface area contributed by atoms with Crippen LogP contribution in [-0.2, 0) is 6.54 Å². The van der Waals surface area contributed by atoms with Gasteiger partial charge >= 0.3 is 5.69 Å². The van der Waals surface area contributed by atoms with E-state index in [-0.39, 0.29) is 5.56 Å². The van der Waals surface area contributed by atoms with Gasteiger partial charge in [-0.05, 0) is 25.4 Å². The van der Waals surface area contributed by atoms with E-state index in [9.17, 15) is 9.59 Å². The molecule has 0 aliphatic carbocycles. The SMILES string of the molecule is N#Cc1cn(C[C@@H]2CCNC2)c(=O)[nH]c1=O. The van der Waals surface area contributed by atoms with Crippen molar-refractivity contribution in [3.63, 3.8) is 0 Å². The van der Waals surface area contributed by atoms with Crippen LogP contribution in [0.1, 0.15) is 12.0 Å². The minimum atomic E-state index is -0.617. The second-order valence-corrected chi connectivity index (χ2v) is 3.93. The number of aromatic amines is 1. The first kappa shape index (κ1) is 10.6. The number of hydrogen-bond donors (Lipinski definition) is 2. The van der Waals surface area contributed by atoms with Crippen LogP contribution in [0, 0.1) is 17.2 Å². The van der Waals surface area contributed by atoms with E-state index in [4.69, 9.17) is 5.26 Å². The predicted molar refractivity (Wildman–Crippen MR) is 57.0 cm³/mol. The van der Waals surface area contributed by atoms with Crippen molar-refractivity contribution >= 4 is 0 Å². The highest BCUT2D eigenvalue weighted by atomic mass is 16.2. The maximum Gasteiger partial charge on any atom is 0.328 e. The number of nitriles is 1. The van der Waals surface area contributed by atoms with Crippen LogP contribution in [0.4, 0.5) is 0 Å². The summed E-state index contributed by atoms with van der Waals surface area (Å²) in [5, 5.41) is 11.9. The third-order valence-electron chi connectivity index (χ3n) is 2.75. The summed E-state index contributed by atoms with van der Waals surface area (Å²) in [4.78, 5) is 24.8. The number of hydrogen-bond acceptors (Lipinski definition) is 4. The van der Waals surface area contributed by atoms with Crippen molar-refractivity contribution in [2.24, 2.45) is 5.92 Å². The molecule has 1 aliphatic heterocycles. The van der Waals surface area contributed by atoms with Crippen molar-refractivity contribution in [3.8, 4) is 6.07 Å². The smallest absolute Gasteiger partial charge is 0.316 e. The van der Waals surface area contributed by atoms with Crippen LogP contribution >= 0.6 is 0 Å². The summed E-state index contributed by atoms with van der Waals surface area (Å²) < 4.78 is 1.40. The van der Waals surface area contributed by atoms with Gasteiger partial charge in [0.2, 0.25) is 0 Å². The Balaban J connectivity index is 2.30. The standard InChI is InChI=1S/C10H12N4O2/c11-3-8-6-14(10(16)13-9(8)15)5-7-1-2-12-4-7/h6-7,12H,1-2,4-5H2,(H,13,15,16)/t7-/m1/s1. The fraction of sp³-hybridized carbons (Fsp3) is 0.500. The molecule has 1 aliphatic rings. The summed E-state index contributed by atoms with van der Waals surface area (Å²) in [6, 6.07) is 1.77. The Labute approximate surface area is 91.5 Å². The normalized spacial score (nSPS) is 19.6. The third-order valence-corrected chi connectivity index (χ3v) is 2.75. The highest BCUT2D eigenvalue weighted by Gasteiger charge is 2.16. The molecule has 2 N–H and O–H groups in total. The van der Waals surface area contributed by atoms with Gasteiger partial charge in [-0.25, -0.2) is 4.79 Å². The van der Waals surface area contributed by atoms with Gasteiger partial charge in [-0.15, -0.1) is 0 Å². The molecule has 1 atom stereocenters. The monoisotopic (exact) mass is 220 g/mol. The van der Waals surface area contributed by atoms with Gasteiger partial charge in [0.1, 0.15) is 11.6 Å². The molecule has 0 unspecified atom stereocenters. The third kappa shape index (κ3) is 2.04. The molecule has 2 rings (SSSR count). The number of nitrogens with zero attached hydrogens (tertiary/aromatic N) is 2. The number of H-pyrrole nitrogens is 1. The summed E-state index contributed by atoms with van der Waals surface area (Å²) in [6.45, 7) is 2.36. The molecule has 1 aromatic heterocycles. The second kappa shape index (κ2) is 4.33. The average Bonchev–Trinajstić information content (AvgIpc) is 2.75. The minimum Gasteiger partial charge on any atom is -0.316 e. The van der Waals surface area contributed by atoms with Crippen LogP contribution in [0.3, 0.4) is 0 Å². The topological polar surface area (TPSA) is 90.7 Å². The first-order chi connectivity index (χ1) is 7.70. The molecule has 1 saturated heterocycles. The van der Waals surface area contributed by atoms with Crippen molar-refractivity contribution in [1.29, 1.82) is 5.26 Å². The van der Waals surface area contributed by atoms with Gasteiger partial charge in [0.15, 0.2) is 0 Å². The Morgan fingerprint density at radius 3 is 3.00 bits per heavy atom. The van der Waals surface area contributed by atoms with Crippen LogP contribution in [0.25, 0.3) is 0 Å². The van der Waals surface area contributed by atoms with E-state index in [1.807, 2.05) is 0 Å². The summed E-state index contributed by atoms with van der Waals surface area (Å²) in [7, 11) is 0. The number of aromatic nitrogens is 2. The van der Waals surface area contributed by atoms with Gasteiger partial charge in [0.25, 0.3) is 5.56 Å². The fourth-order valence-electron chi connectivity index (χ4n) is 1.87. The van der Waals surface area contributed by atoms with Crippen LogP contribution in [0.2, 0.25) is 0 Å². The fourth-order valence-corrected chi connectivity index (χ4v) is 1.87. The van der Waals surface area contributed by atoms with E-state index < -0.39 is 11.2 Å². The van der Waals surface area contributed by atoms with E-state index in [1.165, 1.54) is 10.8 Å². The first-order valence-electron chi connectivity index (χ1n) is 5.15. The van der Waals surface area contributed by atoms with Crippen molar-refractivity contribution in [2.75, 3.05) is 13.1 Å². The van der Waals surface area contributed by atoms with Crippen LogP contribution in [0.5, 0.6) is 0 Å². The Morgan fingerprint density at radius 2 is 2.38 bits per heavy atom.